The van der Waals surface area contributed by atoms with Gasteiger partial charge in [-0.2, -0.15) is 0 Å². The van der Waals surface area contributed by atoms with E-state index in [2.05, 4.69) is 57.3 Å². The Balaban J connectivity index is 2.04. The molecule has 0 aromatic heterocycles. The molecule has 37 heavy (non-hydrogen) atoms. The van der Waals surface area contributed by atoms with Gasteiger partial charge in [-0.05, 0) is 47.2 Å². The SMILES string of the molecule is CCCCCCN(Cc1ccc(C(C)(C)C)cc1)C(Nc1ccc(F)cc1)=C1C(=O)OC(C)(C)OC1=O. The molecule has 2 aromatic carbocycles. The molecule has 1 aliphatic rings. The third-order valence-corrected chi connectivity index (χ3v) is 6.22. The summed E-state index contributed by atoms with van der Waals surface area (Å²) in [6, 6.07) is 14.1. The zero-order chi connectivity index (χ0) is 27.2. The molecule has 6 nitrogen and oxygen atoms in total. The van der Waals surface area contributed by atoms with E-state index in [4.69, 9.17) is 9.47 Å². The lowest BCUT2D eigenvalue weighted by Crippen LogP contribution is -2.44. The monoisotopic (exact) mass is 510 g/mol. The van der Waals surface area contributed by atoms with Crippen LogP contribution < -0.4 is 5.32 Å². The number of halogens is 1. The summed E-state index contributed by atoms with van der Waals surface area (Å²) in [6.45, 7) is 12.7. The molecule has 1 N–H and O–H groups in total. The summed E-state index contributed by atoms with van der Waals surface area (Å²) in [5, 5.41) is 3.20. The molecule has 200 valence electrons. The summed E-state index contributed by atoms with van der Waals surface area (Å²) in [5.74, 6) is -2.96. The van der Waals surface area contributed by atoms with Crippen molar-refractivity contribution in [3.05, 3.63) is 76.9 Å². The highest BCUT2D eigenvalue weighted by molar-refractivity contribution is 6.16. The first-order chi connectivity index (χ1) is 17.4. The van der Waals surface area contributed by atoms with Gasteiger partial charge in [0.15, 0.2) is 5.57 Å². The van der Waals surface area contributed by atoms with Crippen LogP contribution in [0.25, 0.3) is 0 Å². The molecule has 0 aliphatic carbocycles. The van der Waals surface area contributed by atoms with Gasteiger partial charge in [0.2, 0.25) is 0 Å². The molecule has 1 saturated heterocycles. The number of anilines is 1. The lowest BCUT2D eigenvalue weighted by atomic mass is 9.87. The molecule has 0 amide bonds. The predicted octanol–water partition coefficient (Wildman–Crippen LogP) is 6.67. The zero-order valence-electron chi connectivity index (χ0n) is 22.8. The van der Waals surface area contributed by atoms with Gasteiger partial charge in [-0.1, -0.05) is 71.2 Å². The maximum Gasteiger partial charge on any atom is 0.352 e. The van der Waals surface area contributed by atoms with Crippen molar-refractivity contribution >= 4 is 17.6 Å². The van der Waals surface area contributed by atoms with Crippen molar-refractivity contribution < 1.29 is 23.5 Å². The number of nitrogens with zero attached hydrogens (tertiary/aromatic N) is 1. The van der Waals surface area contributed by atoms with E-state index in [9.17, 15) is 14.0 Å². The Morgan fingerprint density at radius 1 is 0.919 bits per heavy atom. The molecule has 3 rings (SSSR count). The van der Waals surface area contributed by atoms with E-state index in [-0.39, 0.29) is 22.6 Å². The molecule has 0 saturated carbocycles. The maximum atomic E-state index is 13.6. The van der Waals surface area contributed by atoms with Crippen LogP contribution in [0.3, 0.4) is 0 Å². The molecule has 0 atom stereocenters. The van der Waals surface area contributed by atoms with Gasteiger partial charge in [0.05, 0.1) is 0 Å². The van der Waals surface area contributed by atoms with Crippen LogP contribution in [0.1, 0.15) is 78.4 Å². The van der Waals surface area contributed by atoms with Gasteiger partial charge in [-0.25, -0.2) is 14.0 Å². The molecule has 7 heteroatoms. The van der Waals surface area contributed by atoms with Crippen LogP contribution in [0.2, 0.25) is 0 Å². The van der Waals surface area contributed by atoms with E-state index in [1.165, 1.54) is 31.5 Å². The fourth-order valence-corrected chi connectivity index (χ4v) is 4.15. The van der Waals surface area contributed by atoms with Crippen molar-refractivity contribution in [3.8, 4) is 0 Å². The molecule has 0 spiro atoms. The summed E-state index contributed by atoms with van der Waals surface area (Å²) in [7, 11) is 0. The van der Waals surface area contributed by atoms with E-state index < -0.39 is 17.7 Å². The molecular formula is C30H39FN2O4. The van der Waals surface area contributed by atoms with Gasteiger partial charge >= 0.3 is 11.9 Å². The Morgan fingerprint density at radius 3 is 2.05 bits per heavy atom. The summed E-state index contributed by atoms with van der Waals surface area (Å²) in [6.07, 6.45) is 4.05. The standard InChI is InChI=1S/C30H39FN2O4/c1-7-8-9-10-19-33(20-21-11-13-22(14-12-21)29(2,3)4)26(32-24-17-15-23(31)16-18-24)25-27(34)36-30(5,6)37-28(25)35/h11-18,32H,7-10,19-20H2,1-6H3. The molecule has 1 heterocycles. The number of rotatable bonds is 10. The molecule has 0 bridgehead atoms. The first-order valence-electron chi connectivity index (χ1n) is 13.0. The summed E-state index contributed by atoms with van der Waals surface area (Å²) >= 11 is 0. The number of carbonyl (C=O) groups is 2. The average molecular weight is 511 g/mol. The van der Waals surface area contributed by atoms with Crippen LogP contribution in [0, 0.1) is 5.82 Å². The van der Waals surface area contributed by atoms with Crippen LogP contribution in [0.15, 0.2) is 59.9 Å². The minimum absolute atomic E-state index is 0.0259. The van der Waals surface area contributed by atoms with Crippen LogP contribution in [-0.4, -0.2) is 29.2 Å². The summed E-state index contributed by atoms with van der Waals surface area (Å²) in [4.78, 5) is 28.1. The second-order valence-electron chi connectivity index (χ2n) is 11.0. The first kappa shape index (κ1) is 28.2. The van der Waals surface area contributed by atoms with Gasteiger partial charge in [-0.3, -0.25) is 0 Å². The van der Waals surface area contributed by atoms with E-state index in [0.29, 0.717) is 18.8 Å². The van der Waals surface area contributed by atoms with E-state index in [1.54, 1.807) is 12.1 Å². The van der Waals surface area contributed by atoms with Crippen LogP contribution >= 0.6 is 0 Å². The number of esters is 2. The third-order valence-electron chi connectivity index (χ3n) is 6.22. The van der Waals surface area contributed by atoms with Crippen molar-refractivity contribution in [3.63, 3.8) is 0 Å². The Kier molecular flexibility index (Phi) is 9.00. The molecule has 0 unspecified atom stereocenters. The number of carbonyl (C=O) groups excluding carboxylic acids is 2. The van der Waals surface area contributed by atoms with Gasteiger partial charge in [0, 0.05) is 32.6 Å². The highest BCUT2D eigenvalue weighted by atomic mass is 19.1. The first-order valence-corrected chi connectivity index (χ1v) is 13.0. The summed E-state index contributed by atoms with van der Waals surface area (Å²) < 4.78 is 24.4. The van der Waals surface area contributed by atoms with Crippen molar-refractivity contribution in [2.24, 2.45) is 0 Å². The van der Waals surface area contributed by atoms with Crippen LogP contribution in [0.5, 0.6) is 0 Å². The van der Waals surface area contributed by atoms with Gasteiger partial charge in [0.25, 0.3) is 5.79 Å². The number of cyclic esters (lactones) is 2. The highest BCUT2D eigenvalue weighted by Crippen LogP contribution is 2.29. The molecule has 1 fully saturated rings. The normalized spacial score (nSPS) is 15.2. The van der Waals surface area contributed by atoms with Crippen LogP contribution in [0.4, 0.5) is 10.1 Å². The quantitative estimate of drug-likeness (QED) is 0.167. The Bertz CT molecular complexity index is 1090. The smallest absolute Gasteiger partial charge is 0.352 e. The number of hydrogen-bond acceptors (Lipinski definition) is 6. The van der Waals surface area contributed by atoms with Crippen molar-refractivity contribution in [1.29, 1.82) is 0 Å². The summed E-state index contributed by atoms with van der Waals surface area (Å²) in [5.41, 5.74) is 2.61. The van der Waals surface area contributed by atoms with E-state index >= 15 is 0 Å². The molecular weight excluding hydrogens is 471 g/mol. The van der Waals surface area contributed by atoms with E-state index in [1.807, 2.05) is 4.90 Å². The highest BCUT2D eigenvalue weighted by Gasteiger charge is 2.42. The molecule has 1 aliphatic heterocycles. The van der Waals surface area contributed by atoms with Crippen molar-refractivity contribution in [2.75, 3.05) is 11.9 Å². The zero-order valence-corrected chi connectivity index (χ0v) is 22.8. The van der Waals surface area contributed by atoms with Crippen molar-refractivity contribution in [2.45, 2.75) is 85.0 Å². The van der Waals surface area contributed by atoms with Crippen molar-refractivity contribution in [1.82, 2.24) is 4.90 Å². The fraction of sp³-hybridized carbons (Fsp3) is 0.467. The predicted molar refractivity (Wildman–Crippen MR) is 143 cm³/mol. The van der Waals surface area contributed by atoms with Gasteiger partial charge in [-0.15, -0.1) is 0 Å². The second-order valence-corrected chi connectivity index (χ2v) is 11.0. The molecule has 0 radical (unpaired) electrons. The number of unbranched alkanes of at least 4 members (excludes halogenated alkanes) is 3. The largest absolute Gasteiger partial charge is 0.419 e. The lowest BCUT2D eigenvalue weighted by molar-refractivity contribution is -0.222. The van der Waals surface area contributed by atoms with E-state index in [0.717, 1.165) is 31.2 Å². The molecule has 2 aromatic rings. The van der Waals surface area contributed by atoms with Crippen LogP contribution in [-0.2, 0) is 31.0 Å². The maximum absolute atomic E-state index is 13.6. The number of hydrogen-bond donors (Lipinski definition) is 1. The number of nitrogens with one attached hydrogen (secondary N) is 1. The second kappa shape index (κ2) is 11.8. The minimum Gasteiger partial charge on any atom is -0.419 e. The number of ether oxygens (including phenoxy) is 2. The minimum atomic E-state index is -1.35. The van der Waals surface area contributed by atoms with Gasteiger partial charge in [0.1, 0.15) is 11.6 Å². The Hall–Kier alpha value is -3.35. The van der Waals surface area contributed by atoms with Gasteiger partial charge < -0.3 is 19.7 Å². The average Bonchev–Trinajstić information content (AvgIpc) is 2.80. The Morgan fingerprint density at radius 2 is 1.51 bits per heavy atom. The fourth-order valence-electron chi connectivity index (χ4n) is 4.15. The Labute approximate surface area is 219 Å². The topological polar surface area (TPSA) is 67.9 Å². The lowest BCUT2D eigenvalue weighted by Gasteiger charge is -2.34. The third kappa shape index (κ3) is 7.81. The number of benzene rings is 2.